The molecule has 6 nitrogen and oxygen atoms in total. The summed E-state index contributed by atoms with van der Waals surface area (Å²) in [7, 11) is -2.58. The number of methoxy groups -OCH3 is 1. The molecule has 2 aromatic heterocycles. The number of benzene rings is 1. The van der Waals surface area contributed by atoms with E-state index in [1.54, 1.807) is 29.8 Å². The number of nitrogens with zero attached hydrogens (tertiary/aromatic N) is 1. The van der Waals surface area contributed by atoms with Gasteiger partial charge in [-0.1, -0.05) is 18.3 Å². The van der Waals surface area contributed by atoms with E-state index >= 15 is 0 Å². The second-order valence-corrected chi connectivity index (χ2v) is 9.70. The van der Waals surface area contributed by atoms with Gasteiger partial charge >= 0.3 is 0 Å². The molecule has 0 bridgehead atoms. The number of ether oxygens (including phenoxy) is 2. The Labute approximate surface area is 172 Å². The lowest BCUT2D eigenvalue weighted by atomic mass is 10.2. The van der Waals surface area contributed by atoms with Gasteiger partial charge in [-0.15, -0.1) is 11.3 Å². The van der Waals surface area contributed by atoms with Crippen LogP contribution in [0.4, 0.5) is 0 Å². The zero-order valence-electron chi connectivity index (χ0n) is 16.1. The smallest absolute Gasteiger partial charge is 0.266 e. The average Bonchev–Trinajstić information content (AvgIpc) is 3.24. The SMILES string of the molecule is CCO/C(=C\c1sc2cc(OC)c3ccsc3c2[n+]1CCCS(=O)(=O)[O-])CC. The van der Waals surface area contributed by atoms with Crippen molar-refractivity contribution in [2.75, 3.05) is 19.5 Å². The van der Waals surface area contributed by atoms with Crippen LogP contribution < -0.4 is 9.30 Å². The first kappa shape index (κ1) is 21.0. The first-order valence-electron chi connectivity index (χ1n) is 9.05. The van der Waals surface area contributed by atoms with Crippen molar-refractivity contribution in [1.29, 1.82) is 0 Å². The lowest BCUT2D eigenvalue weighted by Crippen LogP contribution is -2.36. The third kappa shape index (κ3) is 4.48. The van der Waals surface area contributed by atoms with Gasteiger partial charge in [0.2, 0.25) is 5.52 Å². The highest BCUT2D eigenvalue weighted by atomic mass is 32.2. The summed E-state index contributed by atoms with van der Waals surface area (Å²) in [6.07, 6.45) is 3.03. The molecule has 0 amide bonds. The maximum absolute atomic E-state index is 11.1. The Bertz CT molecular complexity index is 1110. The highest BCUT2D eigenvalue weighted by Crippen LogP contribution is 2.38. The standard InChI is InChI=1S/C19H23NO5S3/c1-4-13(25-5-2)11-17-20(8-6-10-28(21,22)23)18-16(27-17)12-15(24-3)14-7-9-26-19(14)18/h7,9,11-12H,4-6,8,10H2,1-3H3/b13-11-. The van der Waals surface area contributed by atoms with Crippen LogP contribution in [-0.2, 0) is 21.4 Å². The van der Waals surface area contributed by atoms with Gasteiger partial charge in [0.15, 0.2) is 6.54 Å². The molecule has 0 N–H and O–H groups in total. The third-order valence-corrected chi connectivity index (χ3v) is 7.14. The van der Waals surface area contributed by atoms with Gasteiger partial charge in [-0.2, -0.15) is 4.57 Å². The van der Waals surface area contributed by atoms with E-state index in [0.29, 0.717) is 13.2 Å². The molecule has 152 valence electrons. The van der Waals surface area contributed by atoms with Crippen molar-refractivity contribution in [3.05, 3.63) is 28.3 Å². The average molecular weight is 442 g/mol. The van der Waals surface area contributed by atoms with Crippen LogP contribution >= 0.6 is 22.7 Å². The molecule has 28 heavy (non-hydrogen) atoms. The maximum Gasteiger partial charge on any atom is 0.266 e. The molecule has 3 rings (SSSR count). The summed E-state index contributed by atoms with van der Waals surface area (Å²) >= 11 is 3.23. The molecule has 1 aromatic carbocycles. The van der Waals surface area contributed by atoms with Gasteiger partial charge in [0.1, 0.15) is 20.9 Å². The fourth-order valence-corrected chi connectivity index (χ4v) is 5.84. The van der Waals surface area contributed by atoms with Gasteiger partial charge in [0, 0.05) is 30.0 Å². The van der Waals surface area contributed by atoms with Gasteiger partial charge in [-0.3, -0.25) is 0 Å². The number of fused-ring (bicyclic) bond motifs is 3. The molecule has 0 aliphatic rings. The van der Waals surface area contributed by atoms with E-state index in [2.05, 4.69) is 4.57 Å². The Morgan fingerprint density at radius 2 is 2.14 bits per heavy atom. The fourth-order valence-electron chi connectivity index (χ4n) is 3.14. The third-order valence-electron chi connectivity index (χ3n) is 4.35. The lowest BCUT2D eigenvalue weighted by Gasteiger charge is -2.06. The Morgan fingerprint density at radius 1 is 1.36 bits per heavy atom. The van der Waals surface area contributed by atoms with Crippen molar-refractivity contribution in [2.24, 2.45) is 0 Å². The largest absolute Gasteiger partial charge is 0.748 e. The van der Waals surface area contributed by atoms with E-state index in [9.17, 15) is 13.0 Å². The number of aryl methyl sites for hydroxylation is 1. The monoisotopic (exact) mass is 441 g/mol. The van der Waals surface area contributed by atoms with Crippen molar-refractivity contribution in [3.63, 3.8) is 0 Å². The van der Waals surface area contributed by atoms with Crippen LogP contribution in [0.1, 0.15) is 31.7 Å². The number of thiophene rings is 1. The van der Waals surface area contributed by atoms with Gasteiger partial charge in [-0.05, 0) is 18.4 Å². The Hall–Kier alpha value is -1.68. The zero-order valence-corrected chi connectivity index (χ0v) is 18.5. The molecule has 0 unspecified atom stereocenters. The molecule has 0 saturated heterocycles. The normalized spacial score (nSPS) is 12.8. The summed E-state index contributed by atoms with van der Waals surface area (Å²) in [5, 5.41) is 4.01. The van der Waals surface area contributed by atoms with E-state index in [4.69, 9.17) is 9.47 Å². The number of allylic oxidation sites excluding steroid dienone is 1. The summed E-state index contributed by atoms with van der Waals surface area (Å²) in [6, 6.07) is 4.04. The minimum atomic E-state index is -4.24. The summed E-state index contributed by atoms with van der Waals surface area (Å²) in [4.78, 5) is 0. The summed E-state index contributed by atoms with van der Waals surface area (Å²) in [5.74, 6) is 1.31. The van der Waals surface area contributed by atoms with Crippen molar-refractivity contribution in [1.82, 2.24) is 0 Å². The van der Waals surface area contributed by atoms with E-state index in [1.807, 2.05) is 37.4 Å². The maximum atomic E-state index is 11.1. The second-order valence-electron chi connectivity index (χ2n) is 6.19. The Morgan fingerprint density at radius 3 is 2.79 bits per heavy atom. The van der Waals surface area contributed by atoms with E-state index in [1.165, 1.54) is 0 Å². The van der Waals surface area contributed by atoms with Gasteiger partial charge in [0.25, 0.3) is 5.01 Å². The van der Waals surface area contributed by atoms with Crippen molar-refractivity contribution in [3.8, 4) is 5.75 Å². The number of aromatic nitrogens is 1. The minimum Gasteiger partial charge on any atom is -0.748 e. The van der Waals surface area contributed by atoms with E-state index in [-0.39, 0.29) is 12.2 Å². The predicted octanol–water partition coefficient (Wildman–Crippen LogP) is 4.13. The number of hydrogen-bond acceptors (Lipinski definition) is 7. The highest BCUT2D eigenvalue weighted by Gasteiger charge is 2.25. The molecular formula is C19H23NO5S3. The Kier molecular flexibility index (Phi) is 6.59. The number of thiazole rings is 1. The van der Waals surface area contributed by atoms with Crippen LogP contribution in [0, 0.1) is 0 Å². The number of rotatable bonds is 9. The minimum absolute atomic E-state index is 0.262. The van der Waals surface area contributed by atoms with Crippen LogP contribution in [-0.4, -0.2) is 32.4 Å². The van der Waals surface area contributed by atoms with Crippen LogP contribution in [0.25, 0.3) is 26.4 Å². The van der Waals surface area contributed by atoms with Gasteiger partial charge in [0.05, 0.1) is 29.9 Å². The van der Waals surface area contributed by atoms with Crippen molar-refractivity contribution < 1.29 is 27.0 Å². The zero-order chi connectivity index (χ0) is 20.3. The molecule has 0 fully saturated rings. The molecule has 0 atom stereocenters. The molecule has 2 heterocycles. The lowest BCUT2D eigenvalue weighted by molar-refractivity contribution is -0.667. The fraction of sp³-hybridized carbons (Fsp3) is 0.421. The van der Waals surface area contributed by atoms with Crippen LogP contribution in [0.2, 0.25) is 0 Å². The van der Waals surface area contributed by atoms with Crippen molar-refractivity contribution in [2.45, 2.75) is 33.2 Å². The topological polar surface area (TPSA) is 79.5 Å². The Balaban J connectivity index is 2.18. The molecule has 0 aliphatic carbocycles. The van der Waals surface area contributed by atoms with Crippen molar-refractivity contribution >= 4 is 59.2 Å². The molecule has 0 saturated carbocycles. The number of hydrogen-bond donors (Lipinski definition) is 0. The quantitative estimate of drug-likeness (QED) is 0.283. The highest BCUT2D eigenvalue weighted by molar-refractivity contribution is 7.85. The summed E-state index contributed by atoms with van der Waals surface area (Å²) in [5.41, 5.74) is 1.04. The molecular weight excluding hydrogens is 418 g/mol. The summed E-state index contributed by atoms with van der Waals surface area (Å²) < 4.78 is 48.7. The van der Waals surface area contributed by atoms with Crippen LogP contribution in [0.3, 0.4) is 0 Å². The predicted molar refractivity (Wildman–Crippen MR) is 113 cm³/mol. The van der Waals surface area contributed by atoms with E-state index in [0.717, 1.165) is 43.2 Å². The van der Waals surface area contributed by atoms with Crippen LogP contribution in [0.15, 0.2) is 23.3 Å². The van der Waals surface area contributed by atoms with Gasteiger partial charge in [-0.25, -0.2) is 8.42 Å². The van der Waals surface area contributed by atoms with E-state index < -0.39 is 10.1 Å². The molecule has 9 heteroatoms. The molecule has 0 aliphatic heterocycles. The van der Waals surface area contributed by atoms with Crippen LogP contribution in [0.5, 0.6) is 5.75 Å². The molecule has 0 spiro atoms. The summed E-state index contributed by atoms with van der Waals surface area (Å²) in [6.45, 7) is 5.00. The second kappa shape index (κ2) is 8.77. The molecule has 3 aromatic rings. The van der Waals surface area contributed by atoms with Gasteiger partial charge < -0.3 is 14.0 Å². The first-order chi connectivity index (χ1) is 13.4. The first-order valence-corrected chi connectivity index (χ1v) is 12.3. The molecule has 0 radical (unpaired) electrons.